The van der Waals surface area contributed by atoms with Crippen molar-refractivity contribution in [2.45, 2.75) is 32.4 Å². The van der Waals surface area contributed by atoms with Crippen LogP contribution in [0.3, 0.4) is 0 Å². The van der Waals surface area contributed by atoms with Crippen molar-refractivity contribution in [2.24, 2.45) is 0 Å². The normalized spacial score (nSPS) is 16.5. The molecule has 0 spiro atoms. The van der Waals surface area contributed by atoms with Gasteiger partial charge in [-0.15, -0.1) is 0 Å². The van der Waals surface area contributed by atoms with Gasteiger partial charge in [0, 0.05) is 11.1 Å². The van der Waals surface area contributed by atoms with Crippen molar-refractivity contribution in [3.8, 4) is 0 Å². The number of nitrogens with zero attached hydrogens (tertiary/aromatic N) is 1. The fraction of sp³-hybridized carbons (Fsp3) is 0.304. The predicted octanol–water partition coefficient (Wildman–Crippen LogP) is 5.67. The van der Waals surface area contributed by atoms with Crippen LogP contribution < -0.4 is 0 Å². The Bertz CT molecular complexity index is 617. The zero-order chi connectivity index (χ0) is 16.8. The highest BCUT2D eigenvalue weighted by molar-refractivity contribution is 5.47. The van der Waals surface area contributed by atoms with E-state index < -0.39 is 0 Å². The first-order valence-electron chi connectivity index (χ1n) is 9.01. The number of likely N-dealkylation sites (tertiary alicyclic amines) is 1. The number of rotatable bonds is 6. The third kappa shape index (κ3) is 4.04. The van der Waals surface area contributed by atoms with Crippen molar-refractivity contribution in [1.29, 1.82) is 0 Å². The Hall–Kier alpha value is -2.12. The molecule has 24 heavy (non-hydrogen) atoms. The van der Waals surface area contributed by atoms with Gasteiger partial charge in [-0.3, -0.25) is 0 Å². The van der Waals surface area contributed by atoms with E-state index in [4.69, 9.17) is 0 Å². The molecular formula is C23H28N+. The third-order valence-electron chi connectivity index (χ3n) is 5.23. The second-order valence-corrected chi connectivity index (χ2v) is 7.06. The van der Waals surface area contributed by atoms with Crippen LogP contribution in [0.15, 0.2) is 61.7 Å². The summed E-state index contributed by atoms with van der Waals surface area (Å²) in [7, 11) is 0. The molecule has 0 aliphatic carbocycles. The quantitative estimate of drug-likeness (QED) is 0.602. The van der Waals surface area contributed by atoms with E-state index in [0.29, 0.717) is 0 Å². The van der Waals surface area contributed by atoms with Crippen LogP contribution in [0.25, 0.3) is 12.2 Å². The van der Waals surface area contributed by atoms with Crippen LogP contribution >= 0.6 is 0 Å². The van der Waals surface area contributed by atoms with E-state index >= 15 is 0 Å². The molecule has 1 saturated heterocycles. The zero-order valence-electron chi connectivity index (χ0n) is 14.6. The zero-order valence-corrected chi connectivity index (χ0v) is 14.6. The minimum atomic E-state index is 1.13. The summed E-state index contributed by atoms with van der Waals surface area (Å²) in [6.45, 7) is 12.5. The Kier molecular flexibility index (Phi) is 5.32. The van der Waals surface area contributed by atoms with Crippen LogP contribution in [0.5, 0.6) is 0 Å². The van der Waals surface area contributed by atoms with Crippen LogP contribution in [-0.4, -0.2) is 17.6 Å². The fourth-order valence-corrected chi connectivity index (χ4v) is 3.85. The molecule has 2 aromatic rings. The highest BCUT2D eigenvalue weighted by atomic mass is 15.4. The lowest BCUT2D eigenvalue weighted by molar-refractivity contribution is -0.957. The molecule has 0 amide bonds. The minimum absolute atomic E-state index is 1.13. The Morgan fingerprint density at radius 3 is 1.46 bits per heavy atom. The van der Waals surface area contributed by atoms with Gasteiger partial charge < -0.3 is 4.48 Å². The van der Waals surface area contributed by atoms with Crippen molar-refractivity contribution in [3.05, 3.63) is 83.9 Å². The average Bonchev–Trinajstić information content (AvgIpc) is 2.64. The Morgan fingerprint density at radius 2 is 1.08 bits per heavy atom. The number of hydrogen-bond donors (Lipinski definition) is 0. The van der Waals surface area contributed by atoms with Gasteiger partial charge in [0.25, 0.3) is 0 Å². The summed E-state index contributed by atoms with van der Waals surface area (Å²) >= 11 is 0. The molecule has 1 heterocycles. The molecule has 0 saturated carbocycles. The molecule has 0 radical (unpaired) electrons. The van der Waals surface area contributed by atoms with E-state index in [0.717, 1.165) is 13.1 Å². The molecule has 1 aliphatic rings. The Labute approximate surface area is 146 Å². The van der Waals surface area contributed by atoms with E-state index in [1.54, 1.807) is 0 Å². The highest BCUT2D eigenvalue weighted by Gasteiger charge is 2.30. The summed E-state index contributed by atoms with van der Waals surface area (Å²) in [5.74, 6) is 0. The average molecular weight is 318 g/mol. The predicted molar refractivity (Wildman–Crippen MR) is 104 cm³/mol. The Morgan fingerprint density at radius 1 is 0.667 bits per heavy atom. The highest BCUT2D eigenvalue weighted by Crippen LogP contribution is 2.26. The molecule has 1 nitrogen and oxygen atoms in total. The lowest BCUT2D eigenvalue weighted by atomic mass is 10.0. The van der Waals surface area contributed by atoms with E-state index in [-0.39, 0.29) is 0 Å². The molecule has 124 valence electrons. The molecule has 0 bridgehead atoms. The van der Waals surface area contributed by atoms with Crippen LogP contribution in [0.1, 0.15) is 41.5 Å². The summed E-state index contributed by atoms with van der Waals surface area (Å²) in [5, 5.41) is 0. The van der Waals surface area contributed by atoms with Gasteiger partial charge in [0.15, 0.2) is 0 Å². The maximum atomic E-state index is 3.85. The van der Waals surface area contributed by atoms with Crippen LogP contribution in [-0.2, 0) is 13.1 Å². The lowest BCUT2D eigenvalue weighted by Gasteiger charge is -2.42. The first-order chi connectivity index (χ1) is 11.7. The van der Waals surface area contributed by atoms with Crippen molar-refractivity contribution in [2.75, 3.05) is 13.1 Å². The summed E-state index contributed by atoms with van der Waals surface area (Å²) in [4.78, 5) is 0. The first-order valence-corrected chi connectivity index (χ1v) is 9.01. The van der Waals surface area contributed by atoms with Gasteiger partial charge in [-0.25, -0.2) is 0 Å². The standard InChI is InChI=1S/C23H28N/c1-3-20-8-12-22(13-9-20)18-24(16-6-5-7-17-24)19-23-14-10-21(4-2)11-15-23/h3-4,8-15H,1-2,5-7,16-19H2/q+1. The molecule has 0 unspecified atom stereocenters. The van der Waals surface area contributed by atoms with Crippen LogP contribution in [0.4, 0.5) is 0 Å². The topological polar surface area (TPSA) is 0 Å². The molecule has 0 atom stereocenters. The van der Waals surface area contributed by atoms with E-state index in [1.807, 2.05) is 12.2 Å². The van der Waals surface area contributed by atoms with E-state index in [2.05, 4.69) is 61.7 Å². The summed E-state index contributed by atoms with van der Waals surface area (Å²) in [6, 6.07) is 17.8. The summed E-state index contributed by atoms with van der Waals surface area (Å²) in [5.41, 5.74) is 5.27. The molecule has 1 heteroatoms. The fourth-order valence-electron chi connectivity index (χ4n) is 3.85. The Balaban J connectivity index is 1.80. The number of benzene rings is 2. The second-order valence-electron chi connectivity index (χ2n) is 7.06. The molecule has 1 fully saturated rings. The number of hydrogen-bond acceptors (Lipinski definition) is 0. The second kappa shape index (κ2) is 7.63. The van der Waals surface area contributed by atoms with Crippen molar-refractivity contribution >= 4 is 12.2 Å². The minimum Gasteiger partial charge on any atom is -0.316 e. The number of quaternary nitrogens is 1. The number of piperidine rings is 1. The van der Waals surface area contributed by atoms with Crippen molar-refractivity contribution < 1.29 is 4.48 Å². The smallest absolute Gasteiger partial charge is 0.105 e. The van der Waals surface area contributed by atoms with Gasteiger partial charge in [0.1, 0.15) is 13.1 Å². The van der Waals surface area contributed by atoms with Gasteiger partial charge in [-0.1, -0.05) is 73.8 Å². The van der Waals surface area contributed by atoms with Crippen LogP contribution in [0.2, 0.25) is 0 Å². The van der Waals surface area contributed by atoms with Gasteiger partial charge in [0.05, 0.1) is 13.1 Å². The summed E-state index contributed by atoms with van der Waals surface area (Å²) in [6.07, 6.45) is 7.89. The monoisotopic (exact) mass is 318 g/mol. The van der Waals surface area contributed by atoms with E-state index in [9.17, 15) is 0 Å². The molecular weight excluding hydrogens is 290 g/mol. The maximum absolute atomic E-state index is 3.85. The molecule has 0 N–H and O–H groups in total. The van der Waals surface area contributed by atoms with Gasteiger partial charge in [-0.2, -0.15) is 0 Å². The molecule has 2 aromatic carbocycles. The van der Waals surface area contributed by atoms with Crippen molar-refractivity contribution in [1.82, 2.24) is 0 Å². The third-order valence-corrected chi connectivity index (χ3v) is 5.23. The maximum Gasteiger partial charge on any atom is 0.105 e. The van der Waals surface area contributed by atoms with Gasteiger partial charge in [0.2, 0.25) is 0 Å². The molecule has 0 aromatic heterocycles. The molecule has 1 aliphatic heterocycles. The largest absolute Gasteiger partial charge is 0.316 e. The van der Waals surface area contributed by atoms with Gasteiger partial charge in [-0.05, 0) is 30.4 Å². The molecule has 3 rings (SSSR count). The SMILES string of the molecule is C=Cc1ccc(C[N+]2(Cc3ccc(C=C)cc3)CCCCC2)cc1. The van der Waals surface area contributed by atoms with Crippen LogP contribution in [0, 0.1) is 0 Å². The van der Waals surface area contributed by atoms with E-state index in [1.165, 1.54) is 59.1 Å². The van der Waals surface area contributed by atoms with Crippen molar-refractivity contribution in [3.63, 3.8) is 0 Å². The summed E-state index contributed by atoms with van der Waals surface area (Å²) < 4.78 is 1.18. The lowest BCUT2D eigenvalue weighted by Crippen LogP contribution is -2.49. The van der Waals surface area contributed by atoms with Gasteiger partial charge >= 0.3 is 0 Å². The first kappa shape index (κ1) is 16.7.